The van der Waals surface area contributed by atoms with Crippen molar-refractivity contribution in [2.24, 2.45) is 0 Å². The first kappa shape index (κ1) is 19.8. The highest BCUT2D eigenvalue weighted by Gasteiger charge is 2.09. The lowest BCUT2D eigenvalue weighted by atomic mass is 10.2. The summed E-state index contributed by atoms with van der Waals surface area (Å²) in [6.07, 6.45) is 3.72. The van der Waals surface area contributed by atoms with Crippen LogP contribution in [0.5, 0.6) is 0 Å². The fourth-order valence-electron chi connectivity index (χ4n) is 3.35. The molecule has 5 aromatic rings. The van der Waals surface area contributed by atoms with Gasteiger partial charge in [0.15, 0.2) is 0 Å². The fraction of sp³-hybridized carbons (Fsp3) is 0.0435. The number of benzene rings is 3. The van der Waals surface area contributed by atoms with Gasteiger partial charge in [0, 0.05) is 48.6 Å². The largest absolute Gasteiger partial charge is 0.361 e. The van der Waals surface area contributed by atoms with Crippen LogP contribution in [0.4, 0.5) is 11.4 Å². The molecule has 0 saturated heterocycles. The van der Waals surface area contributed by atoms with Crippen molar-refractivity contribution in [2.45, 2.75) is 6.54 Å². The molecule has 0 radical (unpaired) electrons. The topological polar surface area (TPSA) is 107 Å². The average molecular weight is 414 g/mol. The van der Waals surface area contributed by atoms with Crippen LogP contribution in [-0.4, -0.2) is 19.4 Å². The van der Waals surface area contributed by atoms with Crippen LogP contribution < -0.4 is 0 Å². The van der Waals surface area contributed by atoms with E-state index in [0.717, 1.165) is 21.8 Å². The third-order valence-corrected chi connectivity index (χ3v) is 4.91. The van der Waals surface area contributed by atoms with Crippen LogP contribution in [0.1, 0.15) is 5.56 Å². The number of nitrogens with one attached hydrogen (secondary N) is 1. The number of rotatable bonds is 4. The Morgan fingerprint density at radius 3 is 2.16 bits per heavy atom. The first-order valence-electron chi connectivity index (χ1n) is 9.50. The van der Waals surface area contributed by atoms with Crippen LogP contribution in [0.3, 0.4) is 0 Å². The van der Waals surface area contributed by atoms with E-state index >= 15 is 0 Å². The summed E-state index contributed by atoms with van der Waals surface area (Å²) in [4.78, 5) is 23.3. The lowest BCUT2D eigenvalue weighted by Gasteiger charge is -2.05. The zero-order valence-corrected chi connectivity index (χ0v) is 16.3. The summed E-state index contributed by atoms with van der Waals surface area (Å²) >= 11 is 0. The minimum Gasteiger partial charge on any atom is -0.361 e. The second-order valence-electron chi connectivity index (χ2n) is 6.94. The molecule has 5 rings (SSSR count). The minimum absolute atomic E-state index is 0.116. The Morgan fingerprint density at radius 1 is 0.774 bits per heavy atom. The number of non-ortho nitro benzene ring substituents is 2. The fourth-order valence-corrected chi connectivity index (χ4v) is 3.35. The van der Waals surface area contributed by atoms with E-state index in [4.69, 9.17) is 0 Å². The molecule has 1 N–H and O–H groups in total. The Balaban J connectivity index is 0.000000166. The average Bonchev–Trinajstić information content (AvgIpc) is 3.41. The highest BCUT2D eigenvalue weighted by molar-refractivity contribution is 5.82. The molecule has 0 saturated carbocycles. The molecule has 0 fully saturated rings. The first-order valence-corrected chi connectivity index (χ1v) is 9.50. The zero-order valence-electron chi connectivity index (χ0n) is 16.3. The first-order chi connectivity index (χ1) is 15.0. The maximum atomic E-state index is 10.8. The predicted octanol–water partition coefficient (Wildman–Crippen LogP) is 5.67. The Morgan fingerprint density at radius 2 is 1.45 bits per heavy atom. The molecule has 0 aliphatic heterocycles. The molecule has 31 heavy (non-hydrogen) atoms. The molecule has 0 spiro atoms. The molecule has 2 aromatic heterocycles. The van der Waals surface area contributed by atoms with Crippen LogP contribution in [-0.2, 0) is 6.54 Å². The molecular weight excluding hydrogens is 396 g/mol. The van der Waals surface area contributed by atoms with Gasteiger partial charge in [0.1, 0.15) is 0 Å². The maximum absolute atomic E-state index is 10.8. The summed E-state index contributed by atoms with van der Waals surface area (Å²) in [5, 5.41) is 23.2. The van der Waals surface area contributed by atoms with Gasteiger partial charge in [0.25, 0.3) is 11.4 Å². The van der Waals surface area contributed by atoms with Gasteiger partial charge in [-0.05, 0) is 35.2 Å². The van der Waals surface area contributed by atoms with Crippen LogP contribution in [0.2, 0.25) is 0 Å². The monoisotopic (exact) mass is 414 g/mol. The predicted molar refractivity (Wildman–Crippen MR) is 119 cm³/mol. The van der Waals surface area contributed by atoms with Crippen LogP contribution in [0.15, 0.2) is 91.3 Å². The minimum atomic E-state index is -0.402. The summed E-state index contributed by atoms with van der Waals surface area (Å²) in [6.45, 7) is 0.714. The van der Waals surface area contributed by atoms with Crippen LogP contribution in [0, 0.1) is 20.2 Å². The van der Waals surface area contributed by atoms with Gasteiger partial charge in [-0.3, -0.25) is 20.2 Å². The van der Waals surface area contributed by atoms with E-state index in [-0.39, 0.29) is 16.3 Å². The summed E-state index contributed by atoms with van der Waals surface area (Å²) in [5.74, 6) is 0. The summed E-state index contributed by atoms with van der Waals surface area (Å²) in [7, 11) is 0. The van der Waals surface area contributed by atoms with Gasteiger partial charge in [0.2, 0.25) is 0 Å². The molecule has 8 heteroatoms. The van der Waals surface area contributed by atoms with Gasteiger partial charge in [-0.15, -0.1) is 0 Å². The normalized spacial score (nSPS) is 10.6. The molecule has 0 unspecified atom stereocenters. The standard InChI is InChI=1S/C15H12N2O2.C8H6N2O2/c18-17(19)14-7-6-13-8-9-16(15(13)10-14)11-12-4-2-1-3-5-12;11-10(12)7-2-1-6-3-4-9-8(6)5-7/h1-10H,11H2;1-5,9H. The number of hydrogen-bond donors (Lipinski definition) is 1. The number of H-pyrrole nitrogens is 1. The van der Waals surface area contributed by atoms with Gasteiger partial charge < -0.3 is 9.55 Å². The van der Waals surface area contributed by atoms with Crippen molar-refractivity contribution in [1.29, 1.82) is 0 Å². The van der Waals surface area contributed by atoms with Crippen molar-refractivity contribution in [3.63, 3.8) is 0 Å². The van der Waals surface area contributed by atoms with Gasteiger partial charge >= 0.3 is 0 Å². The smallest absolute Gasteiger partial charge is 0.271 e. The number of hydrogen-bond acceptors (Lipinski definition) is 4. The van der Waals surface area contributed by atoms with Crippen molar-refractivity contribution in [1.82, 2.24) is 9.55 Å². The quantitative estimate of drug-likeness (QED) is 0.302. The molecule has 8 nitrogen and oxygen atoms in total. The van der Waals surface area contributed by atoms with Crippen molar-refractivity contribution < 1.29 is 9.85 Å². The molecule has 0 bridgehead atoms. The lowest BCUT2D eigenvalue weighted by molar-refractivity contribution is -0.384. The van der Waals surface area contributed by atoms with E-state index < -0.39 is 4.92 Å². The van der Waals surface area contributed by atoms with E-state index in [1.807, 2.05) is 53.2 Å². The van der Waals surface area contributed by atoms with Crippen molar-refractivity contribution >= 4 is 33.2 Å². The molecule has 0 amide bonds. The highest BCUT2D eigenvalue weighted by Crippen LogP contribution is 2.23. The number of nitro groups is 2. The number of nitrogens with zero attached hydrogens (tertiary/aromatic N) is 3. The Kier molecular flexibility index (Phi) is 5.44. The van der Waals surface area contributed by atoms with Gasteiger partial charge in [-0.25, -0.2) is 0 Å². The Bertz CT molecular complexity index is 1370. The van der Waals surface area contributed by atoms with E-state index in [9.17, 15) is 20.2 Å². The van der Waals surface area contributed by atoms with Gasteiger partial charge in [-0.1, -0.05) is 30.3 Å². The molecule has 2 heterocycles. The van der Waals surface area contributed by atoms with Crippen molar-refractivity contribution in [3.05, 3.63) is 117 Å². The maximum Gasteiger partial charge on any atom is 0.271 e. The van der Waals surface area contributed by atoms with Crippen molar-refractivity contribution in [2.75, 3.05) is 0 Å². The van der Waals surface area contributed by atoms with Gasteiger partial charge in [0.05, 0.1) is 20.9 Å². The molecule has 154 valence electrons. The third-order valence-electron chi connectivity index (χ3n) is 4.91. The summed E-state index contributed by atoms with van der Waals surface area (Å²) < 4.78 is 2.03. The van der Waals surface area contributed by atoms with Crippen LogP contribution in [0.25, 0.3) is 21.8 Å². The summed E-state index contributed by atoms with van der Waals surface area (Å²) in [5.41, 5.74) is 3.10. The molecule has 0 atom stereocenters. The number of nitro benzene ring substituents is 2. The lowest BCUT2D eigenvalue weighted by Crippen LogP contribution is -1.98. The number of fused-ring (bicyclic) bond motifs is 2. The second kappa shape index (κ2) is 8.50. The SMILES string of the molecule is O=[N+]([O-])c1ccc2cc[nH]c2c1.O=[N+]([O-])c1ccc2ccn(Cc3ccccc3)c2c1. The third kappa shape index (κ3) is 4.43. The Labute approximate surface area is 176 Å². The Hall–Kier alpha value is -4.46. The zero-order chi connectivity index (χ0) is 21.8. The van der Waals surface area contributed by atoms with E-state index in [2.05, 4.69) is 4.98 Å². The number of aromatic nitrogens is 2. The second-order valence-corrected chi connectivity index (χ2v) is 6.94. The van der Waals surface area contributed by atoms with Crippen molar-refractivity contribution in [3.8, 4) is 0 Å². The van der Waals surface area contributed by atoms with E-state index in [1.165, 1.54) is 23.8 Å². The number of aromatic amines is 1. The molecule has 0 aliphatic rings. The molecular formula is C23H18N4O4. The van der Waals surface area contributed by atoms with E-state index in [0.29, 0.717) is 6.54 Å². The summed E-state index contributed by atoms with van der Waals surface area (Å²) in [6, 6.07) is 23.6. The molecule has 3 aromatic carbocycles. The van der Waals surface area contributed by atoms with E-state index in [1.54, 1.807) is 24.4 Å². The van der Waals surface area contributed by atoms with Crippen LogP contribution >= 0.6 is 0 Å². The highest BCUT2D eigenvalue weighted by atomic mass is 16.6. The molecule has 0 aliphatic carbocycles. The van der Waals surface area contributed by atoms with Gasteiger partial charge in [-0.2, -0.15) is 0 Å².